The van der Waals surface area contributed by atoms with Gasteiger partial charge in [0.15, 0.2) is 0 Å². The van der Waals surface area contributed by atoms with E-state index in [0.29, 0.717) is 0 Å². The summed E-state index contributed by atoms with van der Waals surface area (Å²) in [6.45, 7) is 0. The number of rotatable bonds is 6. The van der Waals surface area contributed by atoms with Crippen LogP contribution in [0.3, 0.4) is 0 Å². The minimum absolute atomic E-state index is 0.861. The predicted octanol–water partition coefficient (Wildman–Crippen LogP) is 15.1. The van der Waals surface area contributed by atoms with Crippen molar-refractivity contribution < 1.29 is 8.83 Å². The molecule has 2 aromatic heterocycles. The summed E-state index contributed by atoms with van der Waals surface area (Å²) in [5.74, 6) is 0. The largest absolute Gasteiger partial charge is 0.456 e. The third-order valence-corrected chi connectivity index (χ3v) is 10.9. The second-order valence-electron chi connectivity index (χ2n) is 14.1. The van der Waals surface area contributed by atoms with Gasteiger partial charge in [0.05, 0.1) is 0 Å². The molecule has 3 heteroatoms. The highest BCUT2D eigenvalue weighted by molar-refractivity contribution is 6.07. The van der Waals surface area contributed by atoms with Crippen LogP contribution in [0.1, 0.15) is 0 Å². The molecule has 0 amide bonds. The molecule has 55 heavy (non-hydrogen) atoms. The highest BCUT2D eigenvalue weighted by atomic mass is 16.3. The van der Waals surface area contributed by atoms with E-state index >= 15 is 0 Å². The average molecular weight is 704 g/mol. The standard InChI is InChI=1S/C52H33NO2/c1-2-13-43-36(9-1)10-8-16-44(43)37-21-19-34(20-22-37)35-23-26-40(27-24-35)53(42-28-29-47-45-14-3-5-17-49(45)55-52(47)33-42)41-12-7-11-38(31-41)39-25-30-51-48(32-39)46-15-4-6-18-50(46)54-51/h1-33H. The van der Waals surface area contributed by atoms with Gasteiger partial charge in [-0.3, -0.25) is 0 Å². The van der Waals surface area contributed by atoms with Crippen molar-refractivity contribution in [1.29, 1.82) is 0 Å². The van der Waals surface area contributed by atoms with Crippen molar-refractivity contribution in [3.05, 3.63) is 200 Å². The number of hydrogen-bond acceptors (Lipinski definition) is 3. The van der Waals surface area contributed by atoms with Gasteiger partial charge in [-0.25, -0.2) is 0 Å². The van der Waals surface area contributed by atoms with Crippen LogP contribution in [0, 0.1) is 0 Å². The molecule has 0 bridgehead atoms. The first-order valence-corrected chi connectivity index (χ1v) is 18.7. The first-order chi connectivity index (χ1) is 27.2. The molecule has 0 N–H and O–H groups in total. The molecule has 11 aromatic rings. The minimum Gasteiger partial charge on any atom is -0.456 e. The summed E-state index contributed by atoms with van der Waals surface area (Å²) in [4.78, 5) is 2.31. The Morgan fingerprint density at radius 1 is 0.273 bits per heavy atom. The molecule has 0 aliphatic heterocycles. The van der Waals surface area contributed by atoms with Crippen LogP contribution in [-0.2, 0) is 0 Å². The van der Waals surface area contributed by atoms with E-state index in [0.717, 1.165) is 77.6 Å². The molecule has 3 nitrogen and oxygen atoms in total. The molecule has 0 radical (unpaired) electrons. The fraction of sp³-hybridized carbons (Fsp3) is 0. The molecule has 0 atom stereocenters. The van der Waals surface area contributed by atoms with Crippen LogP contribution in [-0.4, -0.2) is 0 Å². The van der Waals surface area contributed by atoms with Crippen molar-refractivity contribution in [1.82, 2.24) is 0 Å². The Labute approximate surface area is 317 Å². The van der Waals surface area contributed by atoms with E-state index in [2.05, 4.69) is 181 Å². The van der Waals surface area contributed by atoms with Gasteiger partial charge in [-0.2, -0.15) is 0 Å². The molecule has 2 heterocycles. The fourth-order valence-electron chi connectivity index (χ4n) is 8.15. The maximum absolute atomic E-state index is 6.38. The van der Waals surface area contributed by atoms with E-state index in [4.69, 9.17) is 8.83 Å². The fourth-order valence-corrected chi connectivity index (χ4v) is 8.15. The molecule has 0 aliphatic rings. The van der Waals surface area contributed by atoms with E-state index in [1.54, 1.807) is 0 Å². The number of furan rings is 2. The number of anilines is 3. The summed E-state index contributed by atoms with van der Waals surface area (Å²) >= 11 is 0. The highest BCUT2D eigenvalue weighted by Gasteiger charge is 2.17. The molecular weight excluding hydrogens is 671 g/mol. The van der Waals surface area contributed by atoms with Crippen LogP contribution < -0.4 is 4.90 Å². The normalized spacial score (nSPS) is 11.6. The van der Waals surface area contributed by atoms with Crippen LogP contribution in [0.25, 0.3) is 88.0 Å². The molecular formula is C52H33NO2. The summed E-state index contributed by atoms with van der Waals surface area (Å²) in [5, 5.41) is 6.99. The maximum atomic E-state index is 6.38. The molecule has 0 aliphatic carbocycles. The van der Waals surface area contributed by atoms with Gasteiger partial charge in [-0.05, 0) is 105 Å². The van der Waals surface area contributed by atoms with E-state index in [1.165, 1.54) is 27.5 Å². The maximum Gasteiger partial charge on any atom is 0.137 e. The molecule has 0 fully saturated rings. The monoisotopic (exact) mass is 703 g/mol. The molecule has 258 valence electrons. The smallest absolute Gasteiger partial charge is 0.137 e. The molecule has 0 saturated heterocycles. The first kappa shape index (κ1) is 31.2. The lowest BCUT2D eigenvalue weighted by atomic mass is 9.96. The number of para-hydroxylation sites is 2. The summed E-state index contributed by atoms with van der Waals surface area (Å²) in [7, 11) is 0. The van der Waals surface area contributed by atoms with E-state index in [9.17, 15) is 0 Å². The Kier molecular flexibility index (Phi) is 7.17. The van der Waals surface area contributed by atoms with Gasteiger partial charge in [0.25, 0.3) is 0 Å². The zero-order chi connectivity index (χ0) is 36.3. The van der Waals surface area contributed by atoms with Crippen LogP contribution in [0.5, 0.6) is 0 Å². The number of benzene rings is 9. The van der Waals surface area contributed by atoms with E-state index in [1.807, 2.05) is 24.3 Å². The minimum atomic E-state index is 0.861. The quantitative estimate of drug-likeness (QED) is 0.173. The van der Waals surface area contributed by atoms with Crippen LogP contribution >= 0.6 is 0 Å². The van der Waals surface area contributed by atoms with Crippen LogP contribution in [0.2, 0.25) is 0 Å². The molecule has 0 spiro atoms. The lowest BCUT2D eigenvalue weighted by molar-refractivity contribution is 0.668. The van der Waals surface area contributed by atoms with Crippen molar-refractivity contribution in [2.75, 3.05) is 4.90 Å². The lowest BCUT2D eigenvalue weighted by Crippen LogP contribution is -2.10. The molecule has 11 rings (SSSR count). The van der Waals surface area contributed by atoms with Gasteiger partial charge in [0.1, 0.15) is 22.3 Å². The van der Waals surface area contributed by atoms with Crippen molar-refractivity contribution >= 4 is 71.7 Å². The highest BCUT2D eigenvalue weighted by Crippen LogP contribution is 2.41. The third-order valence-electron chi connectivity index (χ3n) is 10.9. The van der Waals surface area contributed by atoms with Crippen LogP contribution in [0.4, 0.5) is 17.1 Å². The van der Waals surface area contributed by atoms with E-state index < -0.39 is 0 Å². The lowest BCUT2D eigenvalue weighted by Gasteiger charge is -2.26. The first-order valence-electron chi connectivity index (χ1n) is 18.7. The molecule has 0 unspecified atom stereocenters. The Hall–Kier alpha value is -7.36. The van der Waals surface area contributed by atoms with Gasteiger partial charge in [-0.1, -0.05) is 133 Å². The topological polar surface area (TPSA) is 29.5 Å². The van der Waals surface area contributed by atoms with Gasteiger partial charge in [-0.15, -0.1) is 0 Å². The Balaban J connectivity index is 0.991. The SMILES string of the molecule is c1cc(-c2ccc3oc4ccccc4c3c2)cc(N(c2ccc(-c3ccc(-c4cccc5ccccc45)cc3)cc2)c2ccc3c(c2)oc2ccccc23)c1. The van der Waals surface area contributed by atoms with Gasteiger partial charge in [0.2, 0.25) is 0 Å². The Morgan fingerprint density at radius 2 is 0.800 bits per heavy atom. The molecule has 0 saturated carbocycles. The van der Waals surface area contributed by atoms with Crippen molar-refractivity contribution in [2.45, 2.75) is 0 Å². The zero-order valence-corrected chi connectivity index (χ0v) is 29.8. The average Bonchev–Trinajstić information content (AvgIpc) is 3.82. The number of fused-ring (bicyclic) bond motifs is 7. The van der Waals surface area contributed by atoms with Crippen molar-refractivity contribution in [3.8, 4) is 33.4 Å². The summed E-state index contributed by atoms with van der Waals surface area (Å²) in [6, 6.07) is 71.1. The molecule has 9 aromatic carbocycles. The predicted molar refractivity (Wildman–Crippen MR) is 229 cm³/mol. The van der Waals surface area contributed by atoms with Crippen LogP contribution in [0.15, 0.2) is 209 Å². The second-order valence-corrected chi connectivity index (χ2v) is 14.1. The Morgan fingerprint density at radius 3 is 1.60 bits per heavy atom. The summed E-state index contributed by atoms with van der Waals surface area (Å²) in [5.41, 5.74) is 13.7. The number of hydrogen-bond donors (Lipinski definition) is 0. The van der Waals surface area contributed by atoms with Gasteiger partial charge in [0, 0.05) is 44.7 Å². The van der Waals surface area contributed by atoms with Gasteiger partial charge >= 0.3 is 0 Å². The zero-order valence-electron chi connectivity index (χ0n) is 29.8. The van der Waals surface area contributed by atoms with Gasteiger partial charge < -0.3 is 13.7 Å². The summed E-state index contributed by atoms with van der Waals surface area (Å²) < 4.78 is 12.5. The number of nitrogens with zero attached hydrogens (tertiary/aromatic N) is 1. The van der Waals surface area contributed by atoms with E-state index in [-0.39, 0.29) is 0 Å². The third kappa shape index (κ3) is 5.36. The summed E-state index contributed by atoms with van der Waals surface area (Å²) in [6.07, 6.45) is 0. The second kappa shape index (κ2) is 12.6. The van der Waals surface area contributed by atoms with Crippen molar-refractivity contribution in [3.63, 3.8) is 0 Å². The van der Waals surface area contributed by atoms with Crippen molar-refractivity contribution in [2.24, 2.45) is 0 Å². The Bertz CT molecular complexity index is 3200.